The first-order chi connectivity index (χ1) is 11.6. The molecule has 8 heteroatoms. The molecule has 0 radical (unpaired) electrons. The van der Waals surface area contributed by atoms with Crippen LogP contribution in [0.2, 0.25) is 0 Å². The van der Waals surface area contributed by atoms with Crippen LogP contribution >= 0.6 is 11.3 Å². The van der Waals surface area contributed by atoms with Gasteiger partial charge in [0.05, 0.1) is 16.3 Å². The number of hydrogen-bond donors (Lipinski definition) is 1. The fraction of sp³-hybridized carbons (Fsp3) is 0.412. The minimum Gasteiger partial charge on any atom is -0.350 e. The van der Waals surface area contributed by atoms with E-state index >= 15 is 0 Å². The summed E-state index contributed by atoms with van der Waals surface area (Å²) in [6, 6.07) is 6.14. The summed E-state index contributed by atoms with van der Waals surface area (Å²) in [5, 5.41) is 14.3. The predicted octanol–water partition coefficient (Wildman–Crippen LogP) is 3.19. The van der Waals surface area contributed by atoms with Crippen LogP contribution in [-0.4, -0.2) is 40.3 Å². The van der Waals surface area contributed by atoms with Crippen molar-refractivity contribution in [3.05, 3.63) is 39.3 Å². The summed E-state index contributed by atoms with van der Waals surface area (Å²) >= 11 is 1.26. The summed E-state index contributed by atoms with van der Waals surface area (Å²) in [6.45, 7) is 7.80. The molecule has 0 spiro atoms. The third-order valence-electron chi connectivity index (χ3n) is 3.44. The van der Waals surface area contributed by atoms with Crippen molar-refractivity contribution in [2.24, 2.45) is 0 Å². The smallest absolute Gasteiger partial charge is 0.270 e. The number of carbonyl (C=O) groups is 2. The van der Waals surface area contributed by atoms with Gasteiger partial charge in [-0.2, -0.15) is 0 Å². The van der Waals surface area contributed by atoms with Crippen LogP contribution in [0.25, 0.3) is 10.1 Å². The van der Waals surface area contributed by atoms with Gasteiger partial charge in [0, 0.05) is 34.3 Å². The molecule has 2 amide bonds. The molecule has 0 saturated carbocycles. The van der Waals surface area contributed by atoms with Crippen molar-refractivity contribution < 1.29 is 14.5 Å². The van der Waals surface area contributed by atoms with Crippen LogP contribution in [-0.2, 0) is 4.79 Å². The van der Waals surface area contributed by atoms with Crippen molar-refractivity contribution in [2.45, 2.75) is 33.2 Å². The van der Waals surface area contributed by atoms with E-state index in [1.807, 2.05) is 20.8 Å². The first-order valence-electron chi connectivity index (χ1n) is 7.89. The maximum absolute atomic E-state index is 12.7. The highest BCUT2D eigenvalue weighted by Crippen LogP contribution is 2.29. The molecule has 7 nitrogen and oxygen atoms in total. The highest BCUT2D eigenvalue weighted by atomic mass is 32.1. The number of benzene rings is 1. The molecule has 0 aliphatic heterocycles. The van der Waals surface area contributed by atoms with E-state index in [9.17, 15) is 19.7 Å². The molecule has 0 aliphatic rings. The van der Waals surface area contributed by atoms with Gasteiger partial charge in [-0.3, -0.25) is 19.7 Å². The molecule has 2 aromatic rings. The average Bonchev–Trinajstić information content (AvgIpc) is 2.93. The zero-order chi connectivity index (χ0) is 18.8. The van der Waals surface area contributed by atoms with Gasteiger partial charge in [-0.1, -0.05) is 0 Å². The lowest BCUT2D eigenvalue weighted by Gasteiger charge is -2.24. The lowest BCUT2D eigenvalue weighted by molar-refractivity contribution is -0.384. The van der Waals surface area contributed by atoms with Crippen LogP contribution in [0.15, 0.2) is 24.3 Å². The Labute approximate surface area is 149 Å². The lowest BCUT2D eigenvalue weighted by atomic mass is 10.1. The van der Waals surface area contributed by atoms with Gasteiger partial charge < -0.3 is 10.2 Å². The molecular formula is C17H21N3O4S. The summed E-state index contributed by atoms with van der Waals surface area (Å²) in [5.41, 5.74) is -0.378. The fourth-order valence-corrected chi connectivity index (χ4v) is 3.37. The van der Waals surface area contributed by atoms with Gasteiger partial charge in [-0.05, 0) is 39.8 Å². The molecule has 0 unspecified atom stereocenters. The molecule has 0 aliphatic carbocycles. The first-order valence-corrected chi connectivity index (χ1v) is 8.70. The molecule has 0 atom stereocenters. The summed E-state index contributed by atoms with van der Waals surface area (Å²) in [5.74, 6) is -0.477. The molecule has 1 aromatic carbocycles. The fourth-order valence-electron chi connectivity index (χ4n) is 2.36. The van der Waals surface area contributed by atoms with Gasteiger partial charge in [0.25, 0.3) is 11.6 Å². The largest absolute Gasteiger partial charge is 0.350 e. The highest BCUT2D eigenvalue weighted by molar-refractivity contribution is 7.20. The standard InChI is InChI=1S/C17H21N3O4S/c1-5-19(10-15(21)18-17(2,3)4)16(22)14-9-11-8-12(20(23)24)6-7-13(11)25-14/h6-9H,5,10H2,1-4H3,(H,18,21). The molecule has 2 rings (SSSR count). The first kappa shape index (κ1) is 18.9. The Balaban J connectivity index is 2.21. The van der Waals surface area contributed by atoms with Gasteiger partial charge in [0.2, 0.25) is 5.91 Å². The van der Waals surface area contributed by atoms with Gasteiger partial charge in [-0.15, -0.1) is 11.3 Å². The van der Waals surface area contributed by atoms with E-state index in [2.05, 4.69) is 5.32 Å². The quantitative estimate of drug-likeness (QED) is 0.652. The van der Waals surface area contributed by atoms with Crippen molar-refractivity contribution in [2.75, 3.05) is 13.1 Å². The predicted molar refractivity (Wildman–Crippen MR) is 98.0 cm³/mol. The number of nitro groups is 1. The van der Waals surface area contributed by atoms with Gasteiger partial charge in [0.1, 0.15) is 0 Å². The minimum absolute atomic E-state index is 0.0128. The third-order valence-corrected chi connectivity index (χ3v) is 4.54. The van der Waals surface area contributed by atoms with Crippen LogP contribution in [0.1, 0.15) is 37.4 Å². The van der Waals surface area contributed by atoms with Crippen LogP contribution in [0.5, 0.6) is 0 Å². The summed E-state index contributed by atoms with van der Waals surface area (Å²) in [6.07, 6.45) is 0. The van der Waals surface area contributed by atoms with E-state index in [1.165, 1.54) is 28.4 Å². The molecule has 25 heavy (non-hydrogen) atoms. The number of non-ortho nitro benzene ring substituents is 1. The van der Waals surface area contributed by atoms with Gasteiger partial charge in [0.15, 0.2) is 0 Å². The van der Waals surface area contributed by atoms with Gasteiger partial charge in [-0.25, -0.2) is 0 Å². The summed E-state index contributed by atoms with van der Waals surface area (Å²) in [4.78, 5) is 37.1. The molecule has 1 N–H and O–H groups in total. The maximum atomic E-state index is 12.7. The van der Waals surface area contributed by atoms with E-state index in [1.54, 1.807) is 19.1 Å². The maximum Gasteiger partial charge on any atom is 0.270 e. The van der Waals surface area contributed by atoms with Crippen LogP contribution < -0.4 is 5.32 Å². The second-order valence-electron chi connectivity index (χ2n) is 6.71. The Hall–Kier alpha value is -2.48. The Morgan fingerprint density at radius 3 is 2.52 bits per heavy atom. The topological polar surface area (TPSA) is 92.6 Å². The monoisotopic (exact) mass is 363 g/mol. The van der Waals surface area contributed by atoms with Crippen molar-refractivity contribution >= 4 is 38.9 Å². The highest BCUT2D eigenvalue weighted by Gasteiger charge is 2.22. The van der Waals surface area contributed by atoms with Crippen molar-refractivity contribution in [1.82, 2.24) is 10.2 Å². The molecular weight excluding hydrogens is 342 g/mol. The number of thiophene rings is 1. The molecule has 0 fully saturated rings. The summed E-state index contributed by atoms with van der Waals surface area (Å²) < 4.78 is 0.796. The Kier molecular flexibility index (Phi) is 5.42. The number of fused-ring (bicyclic) bond motifs is 1. The SMILES string of the molecule is CCN(CC(=O)NC(C)(C)C)C(=O)c1cc2cc([N+](=O)[O-])ccc2s1. The number of hydrogen-bond acceptors (Lipinski definition) is 5. The van der Waals surface area contributed by atoms with Crippen molar-refractivity contribution in [3.8, 4) is 0 Å². The lowest BCUT2D eigenvalue weighted by Crippen LogP contribution is -2.47. The van der Waals surface area contributed by atoms with E-state index in [0.29, 0.717) is 16.8 Å². The Bertz CT molecular complexity index is 823. The number of nitro benzene ring substituents is 1. The molecule has 0 bridgehead atoms. The second kappa shape index (κ2) is 7.18. The van der Waals surface area contributed by atoms with E-state index in [-0.39, 0.29) is 29.6 Å². The summed E-state index contributed by atoms with van der Waals surface area (Å²) in [7, 11) is 0. The zero-order valence-corrected chi connectivity index (χ0v) is 15.5. The van der Waals surface area contributed by atoms with E-state index in [4.69, 9.17) is 0 Å². The number of rotatable bonds is 5. The number of amides is 2. The molecule has 1 heterocycles. The molecule has 1 aromatic heterocycles. The van der Waals surface area contributed by atoms with Crippen molar-refractivity contribution in [3.63, 3.8) is 0 Å². The van der Waals surface area contributed by atoms with Crippen LogP contribution in [0.4, 0.5) is 5.69 Å². The van der Waals surface area contributed by atoms with E-state index < -0.39 is 4.92 Å². The number of carbonyl (C=O) groups excluding carboxylic acids is 2. The number of nitrogens with zero attached hydrogens (tertiary/aromatic N) is 2. The average molecular weight is 363 g/mol. The molecule has 0 saturated heterocycles. The van der Waals surface area contributed by atoms with E-state index in [0.717, 1.165) is 4.70 Å². The molecule has 134 valence electrons. The van der Waals surface area contributed by atoms with Crippen LogP contribution in [0.3, 0.4) is 0 Å². The van der Waals surface area contributed by atoms with Gasteiger partial charge >= 0.3 is 0 Å². The minimum atomic E-state index is -0.465. The third kappa shape index (κ3) is 4.76. The van der Waals surface area contributed by atoms with Crippen LogP contribution in [0, 0.1) is 10.1 Å². The number of likely N-dealkylation sites (N-methyl/N-ethyl adjacent to an activating group) is 1. The Morgan fingerprint density at radius 2 is 1.96 bits per heavy atom. The van der Waals surface area contributed by atoms with Crippen molar-refractivity contribution in [1.29, 1.82) is 0 Å². The number of nitrogens with one attached hydrogen (secondary N) is 1. The zero-order valence-electron chi connectivity index (χ0n) is 14.7. The second-order valence-corrected chi connectivity index (χ2v) is 7.79. The normalized spacial score (nSPS) is 11.4. The Morgan fingerprint density at radius 1 is 1.28 bits per heavy atom.